The molecule has 2 saturated carbocycles. The molecule has 43 heavy (non-hydrogen) atoms. The van der Waals surface area contributed by atoms with Gasteiger partial charge < -0.3 is 24.8 Å². The number of carboxylic acid groups (broad SMARTS) is 1. The van der Waals surface area contributed by atoms with Crippen LogP contribution in [-0.2, 0) is 14.4 Å². The SMILES string of the molecule is COc1ccc2c(O[C@@H]3C[C@H]4C(=O)N[C@]5(C(=O)O)C[C@H]5C=CCCCCN(C)C(=O)[C@@H]4C3)nc(-c3ccccc3)nc2c1. The number of nitrogens with one attached hydrogen (secondary N) is 1. The number of benzene rings is 2. The van der Waals surface area contributed by atoms with Crippen molar-refractivity contribution in [2.45, 2.75) is 50.2 Å². The summed E-state index contributed by atoms with van der Waals surface area (Å²) in [6, 6.07) is 15.0. The molecule has 2 fully saturated rings. The van der Waals surface area contributed by atoms with Crippen LogP contribution in [0.3, 0.4) is 0 Å². The number of carboxylic acids is 1. The highest BCUT2D eigenvalue weighted by atomic mass is 16.5. The Labute approximate surface area is 250 Å². The number of amides is 2. The van der Waals surface area contributed by atoms with Gasteiger partial charge in [0.15, 0.2) is 5.82 Å². The van der Waals surface area contributed by atoms with E-state index in [1.807, 2.05) is 60.7 Å². The van der Waals surface area contributed by atoms with Crippen molar-refractivity contribution >= 4 is 28.7 Å². The number of nitrogens with zero attached hydrogens (tertiary/aromatic N) is 3. The van der Waals surface area contributed by atoms with Crippen molar-refractivity contribution in [3.63, 3.8) is 0 Å². The van der Waals surface area contributed by atoms with E-state index in [0.29, 0.717) is 47.7 Å². The first-order chi connectivity index (χ1) is 20.8. The van der Waals surface area contributed by atoms with Crippen LogP contribution in [0.25, 0.3) is 22.3 Å². The summed E-state index contributed by atoms with van der Waals surface area (Å²) in [5.74, 6) is -1.74. The average molecular weight is 585 g/mol. The second kappa shape index (κ2) is 11.7. The highest BCUT2D eigenvalue weighted by Crippen LogP contribution is 2.46. The van der Waals surface area contributed by atoms with Gasteiger partial charge >= 0.3 is 5.97 Å². The standard InChI is InChI=1S/C33H36N4O6/c1-37-15-9-4-3-8-12-21-19-33(21,32(40)41)36-29(38)25-16-23(17-26(25)31(37)39)43-30-24-14-13-22(42-2)18-27(24)34-28(35-30)20-10-6-5-7-11-20/h5-8,10-14,18,21,23,25-26H,3-4,9,15-17,19H2,1-2H3,(H,36,38)(H,40,41)/t21-,23-,25-,26-,33-/m1/s1. The maximum absolute atomic E-state index is 13.7. The highest BCUT2D eigenvalue weighted by molar-refractivity contribution is 5.94. The maximum Gasteiger partial charge on any atom is 0.330 e. The summed E-state index contributed by atoms with van der Waals surface area (Å²) >= 11 is 0. The van der Waals surface area contributed by atoms with E-state index >= 15 is 0 Å². The van der Waals surface area contributed by atoms with E-state index in [1.165, 1.54) is 0 Å². The molecular weight excluding hydrogens is 548 g/mol. The van der Waals surface area contributed by atoms with E-state index in [2.05, 4.69) is 5.32 Å². The molecule has 5 atom stereocenters. The maximum atomic E-state index is 13.7. The van der Waals surface area contributed by atoms with Crippen LogP contribution in [0.5, 0.6) is 11.6 Å². The topological polar surface area (TPSA) is 131 Å². The molecule has 1 aromatic heterocycles. The van der Waals surface area contributed by atoms with Crippen molar-refractivity contribution in [1.82, 2.24) is 20.2 Å². The Morgan fingerprint density at radius 3 is 2.63 bits per heavy atom. The normalized spacial score (nSPS) is 27.5. The quantitative estimate of drug-likeness (QED) is 0.426. The third kappa shape index (κ3) is 5.66. The lowest BCUT2D eigenvalue weighted by Gasteiger charge is -2.26. The zero-order valence-electron chi connectivity index (χ0n) is 24.4. The minimum Gasteiger partial charge on any atom is -0.497 e. The van der Waals surface area contributed by atoms with Gasteiger partial charge in [-0.1, -0.05) is 42.5 Å². The fraction of sp³-hybridized carbons (Fsp3) is 0.424. The van der Waals surface area contributed by atoms with Gasteiger partial charge in [0.05, 0.1) is 29.8 Å². The van der Waals surface area contributed by atoms with Crippen LogP contribution in [0.15, 0.2) is 60.7 Å². The van der Waals surface area contributed by atoms with Gasteiger partial charge in [0.1, 0.15) is 17.4 Å². The number of carbonyl (C=O) groups is 3. The molecule has 1 aliphatic heterocycles. The van der Waals surface area contributed by atoms with E-state index in [-0.39, 0.29) is 18.2 Å². The third-order valence-corrected chi connectivity index (χ3v) is 8.95. The zero-order chi connectivity index (χ0) is 30.1. The van der Waals surface area contributed by atoms with Crippen molar-refractivity contribution in [3.8, 4) is 23.0 Å². The second-order valence-corrected chi connectivity index (χ2v) is 11.8. The summed E-state index contributed by atoms with van der Waals surface area (Å²) in [6.07, 6.45) is 6.83. The molecule has 0 spiro atoms. The van der Waals surface area contributed by atoms with Crippen molar-refractivity contribution in [1.29, 1.82) is 0 Å². The van der Waals surface area contributed by atoms with E-state index < -0.39 is 35.4 Å². The largest absolute Gasteiger partial charge is 0.497 e. The monoisotopic (exact) mass is 584 g/mol. The molecule has 0 bridgehead atoms. The number of hydrogen-bond donors (Lipinski definition) is 2. The minimum atomic E-state index is -1.33. The number of fused-ring (bicyclic) bond motifs is 3. The Balaban J connectivity index is 1.32. The molecule has 0 saturated heterocycles. The number of aliphatic carboxylic acids is 1. The van der Waals surface area contributed by atoms with Gasteiger partial charge in [-0.3, -0.25) is 9.59 Å². The second-order valence-electron chi connectivity index (χ2n) is 11.8. The Hall–Kier alpha value is -4.47. The molecule has 2 aliphatic carbocycles. The molecular formula is C33H36N4O6. The first-order valence-corrected chi connectivity index (χ1v) is 14.8. The fourth-order valence-electron chi connectivity index (χ4n) is 6.36. The summed E-state index contributed by atoms with van der Waals surface area (Å²) in [4.78, 5) is 50.9. The molecule has 10 nitrogen and oxygen atoms in total. The molecule has 10 heteroatoms. The molecule has 2 aromatic carbocycles. The Morgan fingerprint density at radius 1 is 1.07 bits per heavy atom. The van der Waals surface area contributed by atoms with Crippen molar-refractivity contribution in [2.75, 3.05) is 20.7 Å². The molecule has 224 valence electrons. The lowest BCUT2D eigenvalue weighted by Crippen LogP contribution is -2.49. The lowest BCUT2D eigenvalue weighted by molar-refractivity contribution is -0.145. The van der Waals surface area contributed by atoms with Gasteiger partial charge in [-0.05, 0) is 50.7 Å². The number of methoxy groups -OCH3 is 1. The van der Waals surface area contributed by atoms with Gasteiger partial charge in [0.25, 0.3) is 0 Å². The van der Waals surface area contributed by atoms with Crippen LogP contribution in [0.1, 0.15) is 38.5 Å². The number of aromatic nitrogens is 2. The van der Waals surface area contributed by atoms with E-state index in [4.69, 9.17) is 19.4 Å². The summed E-state index contributed by atoms with van der Waals surface area (Å²) in [5.41, 5.74) is 0.132. The van der Waals surface area contributed by atoms with E-state index in [1.54, 1.807) is 19.1 Å². The van der Waals surface area contributed by atoms with Crippen LogP contribution in [0.4, 0.5) is 0 Å². The number of rotatable bonds is 5. The summed E-state index contributed by atoms with van der Waals surface area (Å²) in [7, 11) is 3.36. The molecule has 3 aromatic rings. The van der Waals surface area contributed by atoms with Crippen molar-refractivity contribution < 1.29 is 29.0 Å². The number of carbonyl (C=O) groups excluding carboxylic acids is 2. The minimum absolute atomic E-state index is 0.127. The van der Waals surface area contributed by atoms with Gasteiger partial charge in [-0.25, -0.2) is 9.78 Å². The average Bonchev–Trinajstić information content (AvgIpc) is 3.55. The fourth-order valence-corrected chi connectivity index (χ4v) is 6.36. The summed E-state index contributed by atoms with van der Waals surface area (Å²) in [5, 5.41) is 13.5. The van der Waals surface area contributed by atoms with Crippen LogP contribution in [0, 0.1) is 17.8 Å². The van der Waals surface area contributed by atoms with Crippen LogP contribution in [-0.4, -0.2) is 70.1 Å². The summed E-state index contributed by atoms with van der Waals surface area (Å²) < 4.78 is 11.9. The Morgan fingerprint density at radius 2 is 1.86 bits per heavy atom. The molecule has 2 N–H and O–H groups in total. The van der Waals surface area contributed by atoms with E-state index in [9.17, 15) is 19.5 Å². The predicted molar refractivity (Wildman–Crippen MR) is 159 cm³/mol. The molecule has 2 amide bonds. The van der Waals surface area contributed by atoms with Crippen molar-refractivity contribution in [3.05, 3.63) is 60.7 Å². The van der Waals surface area contributed by atoms with Crippen molar-refractivity contribution in [2.24, 2.45) is 17.8 Å². The smallest absolute Gasteiger partial charge is 0.330 e. The Kier molecular flexibility index (Phi) is 7.77. The van der Waals surface area contributed by atoms with Crippen LogP contribution >= 0.6 is 0 Å². The van der Waals surface area contributed by atoms with Gasteiger partial charge in [-0.2, -0.15) is 4.98 Å². The third-order valence-electron chi connectivity index (χ3n) is 8.95. The first-order valence-electron chi connectivity index (χ1n) is 14.8. The van der Waals surface area contributed by atoms with Gasteiger partial charge in [0.2, 0.25) is 17.7 Å². The first kappa shape index (κ1) is 28.6. The molecule has 2 heterocycles. The van der Waals surface area contributed by atoms with Crippen LogP contribution in [0.2, 0.25) is 0 Å². The number of ether oxygens (including phenoxy) is 2. The highest BCUT2D eigenvalue weighted by Gasteiger charge is 2.61. The van der Waals surface area contributed by atoms with Crippen LogP contribution < -0.4 is 14.8 Å². The molecule has 0 radical (unpaired) electrons. The van der Waals surface area contributed by atoms with Gasteiger partial charge in [-0.15, -0.1) is 0 Å². The molecule has 0 unspecified atom stereocenters. The summed E-state index contributed by atoms with van der Waals surface area (Å²) in [6.45, 7) is 0.588. The van der Waals surface area contributed by atoms with E-state index in [0.717, 1.165) is 24.8 Å². The lowest BCUT2D eigenvalue weighted by atomic mass is 9.93. The Bertz CT molecular complexity index is 1580. The van der Waals surface area contributed by atoms with Gasteiger partial charge in [0, 0.05) is 31.1 Å². The predicted octanol–water partition coefficient (Wildman–Crippen LogP) is 4.24. The number of hydrogen-bond acceptors (Lipinski definition) is 7. The number of allylic oxidation sites excluding steroid dienone is 1. The molecule has 3 aliphatic rings. The molecule has 6 rings (SSSR count). The zero-order valence-corrected chi connectivity index (χ0v) is 24.4.